The molecule has 4 aromatic carbocycles. The summed E-state index contributed by atoms with van der Waals surface area (Å²) in [6.45, 7) is 1.97. The number of pyridine rings is 1. The van der Waals surface area contributed by atoms with Crippen LogP contribution in [-0.2, 0) is 39.8 Å². The Morgan fingerprint density at radius 1 is 0.732 bits per heavy atom. The van der Waals surface area contributed by atoms with E-state index in [2.05, 4.69) is 44.7 Å². The maximum Gasteiger partial charge on any atom is 0 e. The molecular formula is C33H21ClN3O2Pt2-6. The van der Waals surface area contributed by atoms with Gasteiger partial charge in [0.05, 0.1) is 0 Å². The van der Waals surface area contributed by atoms with Gasteiger partial charge in [0.2, 0.25) is 0 Å². The van der Waals surface area contributed by atoms with E-state index in [0.29, 0.717) is 23.0 Å². The van der Waals surface area contributed by atoms with Crippen molar-refractivity contribution in [2.24, 2.45) is 0 Å². The monoisotopic (exact) mass is 916 g/mol. The molecule has 0 fully saturated rings. The molecule has 0 N–H and O–H groups in total. The van der Waals surface area contributed by atoms with Crippen molar-refractivity contribution in [1.82, 2.24) is 9.88 Å². The molecule has 0 amide bonds. The first-order valence-electron chi connectivity index (χ1n) is 12.1. The van der Waals surface area contributed by atoms with Crippen molar-refractivity contribution >= 4 is 15.1 Å². The number of nitrogens with zero attached hydrogens (tertiary/aromatic N) is 3. The van der Waals surface area contributed by atoms with Crippen LogP contribution in [0.2, 0.25) is 0 Å². The first-order chi connectivity index (χ1) is 19.7. The van der Waals surface area contributed by atoms with Crippen LogP contribution in [-0.4, -0.2) is 16.9 Å². The first kappa shape index (κ1) is 30.6. The average molecular weight is 917 g/mol. The fourth-order valence-electron chi connectivity index (χ4n) is 3.93. The largest absolute Gasteiger partial charge is 0 e. The SMILES string of the molecule is CN1C=CN(c2[c-]c(Oc3[c-]c(-c4cc(-c5[c-]c(Oc6[c-]cccc6)ccc5)[c-]cn4)ccc3)ccc2)[CH-]1.[Cl][Pt].[Pt]. The molecule has 0 spiro atoms. The quantitative estimate of drug-likeness (QED) is 0.155. The van der Waals surface area contributed by atoms with Gasteiger partial charge in [-0.25, -0.2) is 18.2 Å². The van der Waals surface area contributed by atoms with E-state index < -0.39 is 0 Å². The van der Waals surface area contributed by atoms with Gasteiger partial charge < -0.3 is 24.3 Å². The number of para-hydroxylation sites is 1. The molecule has 41 heavy (non-hydrogen) atoms. The Balaban J connectivity index is 0.00000126. The smallest absolute Gasteiger partial charge is 0 e. The Labute approximate surface area is 270 Å². The topological polar surface area (TPSA) is 37.8 Å². The van der Waals surface area contributed by atoms with Crippen LogP contribution in [0.25, 0.3) is 22.4 Å². The number of hydrogen-bond donors (Lipinski definition) is 0. The molecule has 1 aliphatic heterocycles. The summed E-state index contributed by atoms with van der Waals surface area (Å²) in [4.78, 5) is 8.48. The van der Waals surface area contributed by atoms with E-state index in [4.69, 9.17) is 9.47 Å². The Bertz CT molecular complexity index is 1600. The van der Waals surface area contributed by atoms with Gasteiger partial charge in [0, 0.05) is 44.1 Å². The molecule has 5 aromatic rings. The molecule has 1 aromatic heterocycles. The van der Waals surface area contributed by atoms with Crippen LogP contribution in [0.4, 0.5) is 5.69 Å². The minimum absolute atomic E-state index is 0. The van der Waals surface area contributed by atoms with Crippen molar-refractivity contribution in [2.75, 3.05) is 11.9 Å². The summed E-state index contributed by atoms with van der Waals surface area (Å²) in [5.74, 6) is 2.42. The third-order valence-electron chi connectivity index (χ3n) is 5.73. The minimum atomic E-state index is 0. The van der Waals surface area contributed by atoms with Gasteiger partial charge in [-0.1, -0.05) is 18.0 Å². The van der Waals surface area contributed by atoms with Gasteiger partial charge in [0.1, 0.15) is 0 Å². The standard InChI is InChI=1S/C33H21N3O2.ClH.2Pt/c1-35-18-19-36(24-35)28-10-7-15-32(23-28)38-31-14-6-9-27(21-31)33-22-26(16-17-34-33)25-8-5-13-30(20-25)37-29-11-3-2-4-12-29;;;/h2-11,13-15,17-19,22,24H,1H3;1H;;/q-6;;;+1/p-1. The Hall–Kier alpha value is -3.36. The van der Waals surface area contributed by atoms with Gasteiger partial charge in [0.15, 0.2) is 0 Å². The molecule has 0 aliphatic carbocycles. The van der Waals surface area contributed by atoms with Crippen LogP contribution in [0.5, 0.6) is 23.0 Å². The summed E-state index contributed by atoms with van der Waals surface area (Å²) < 4.78 is 12.0. The molecule has 8 heteroatoms. The van der Waals surface area contributed by atoms with Crippen molar-refractivity contribution in [3.63, 3.8) is 0 Å². The summed E-state index contributed by atoms with van der Waals surface area (Å²) in [6.07, 6.45) is 5.60. The number of rotatable bonds is 7. The minimum Gasteiger partial charge on any atom is 0 e. The number of benzene rings is 4. The second kappa shape index (κ2) is 15.0. The van der Waals surface area contributed by atoms with Crippen LogP contribution in [0.3, 0.4) is 0 Å². The van der Waals surface area contributed by atoms with Gasteiger partial charge >= 0.3 is 28.2 Å². The fourth-order valence-corrected chi connectivity index (χ4v) is 3.93. The van der Waals surface area contributed by atoms with Crippen molar-refractivity contribution in [1.29, 1.82) is 0 Å². The molecule has 0 atom stereocenters. The summed E-state index contributed by atoms with van der Waals surface area (Å²) in [5, 5.41) is 0. The Morgan fingerprint density at radius 2 is 1.39 bits per heavy atom. The molecule has 0 unspecified atom stereocenters. The zero-order chi connectivity index (χ0) is 27.7. The van der Waals surface area contributed by atoms with E-state index in [0.717, 1.165) is 28.1 Å². The van der Waals surface area contributed by atoms with Crippen LogP contribution >= 0.6 is 9.42 Å². The van der Waals surface area contributed by atoms with Crippen LogP contribution in [0.1, 0.15) is 0 Å². The molecule has 213 valence electrons. The molecule has 6 rings (SSSR count). The average Bonchev–Trinajstić information content (AvgIpc) is 3.45. The number of hydrogen-bond acceptors (Lipinski definition) is 5. The number of anilines is 1. The Kier molecular flexibility index (Phi) is 11.2. The number of aromatic nitrogens is 1. The molecular weight excluding hydrogens is 896 g/mol. The van der Waals surface area contributed by atoms with Crippen LogP contribution < -0.4 is 14.4 Å². The molecule has 0 radical (unpaired) electrons. The predicted molar refractivity (Wildman–Crippen MR) is 152 cm³/mol. The Morgan fingerprint density at radius 3 is 2.10 bits per heavy atom. The molecule has 0 saturated carbocycles. The third-order valence-corrected chi connectivity index (χ3v) is 5.73. The van der Waals surface area contributed by atoms with Gasteiger partial charge in [-0.2, -0.15) is 43.1 Å². The fraction of sp³-hybridized carbons (Fsp3) is 0.0303. The summed E-state index contributed by atoms with van der Waals surface area (Å²) in [7, 11) is 6.59. The summed E-state index contributed by atoms with van der Waals surface area (Å²) >= 11 is 1.61. The third kappa shape index (κ3) is 8.11. The number of halogens is 1. The van der Waals surface area contributed by atoms with Gasteiger partial charge in [0.25, 0.3) is 0 Å². The van der Waals surface area contributed by atoms with E-state index in [1.54, 1.807) is 25.0 Å². The normalized spacial score (nSPS) is 11.8. The maximum atomic E-state index is 6.10. The van der Waals surface area contributed by atoms with Gasteiger partial charge in [-0.05, 0) is 19.4 Å². The van der Waals surface area contributed by atoms with Crippen LogP contribution in [0.15, 0.2) is 104 Å². The predicted octanol–water partition coefficient (Wildman–Crippen LogP) is 8.03. The van der Waals surface area contributed by atoms with Crippen molar-refractivity contribution in [3.05, 3.63) is 141 Å². The zero-order valence-corrected chi connectivity index (χ0v) is 26.9. The second-order valence-corrected chi connectivity index (χ2v) is 8.52. The number of ether oxygens (including phenoxy) is 2. The second-order valence-electron chi connectivity index (χ2n) is 8.52. The first-order valence-corrected chi connectivity index (χ1v) is 14.9. The van der Waals surface area contributed by atoms with Gasteiger partial charge in [-0.3, -0.25) is 11.1 Å². The van der Waals surface area contributed by atoms with E-state index >= 15 is 0 Å². The van der Waals surface area contributed by atoms with E-state index in [1.807, 2.05) is 121 Å². The van der Waals surface area contributed by atoms with Crippen molar-refractivity contribution in [2.45, 2.75) is 0 Å². The molecule has 5 nitrogen and oxygen atoms in total. The van der Waals surface area contributed by atoms with Gasteiger partial charge in [-0.15, -0.1) is 65.8 Å². The van der Waals surface area contributed by atoms with E-state index in [1.165, 1.54) is 0 Å². The van der Waals surface area contributed by atoms with Crippen molar-refractivity contribution < 1.29 is 49.3 Å². The molecule has 0 saturated heterocycles. The zero-order valence-electron chi connectivity index (χ0n) is 21.6. The molecule has 1 aliphatic rings. The summed E-state index contributed by atoms with van der Waals surface area (Å²) in [5.41, 5.74) is 4.13. The van der Waals surface area contributed by atoms with E-state index in [9.17, 15) is 0 Å². The summed E-state index contributed by atoms with van der Waals surface area (Å²) in [6, 6.07) is 42.9. The van der Waals surface area contributed by atoms with E-state index in [-0.39, 0.29) is 21.1 Å². The van der Waals surface area contributed by atoms with Crippen LogP contribution in [0, 0.1) is 37.0 Å². The maximum absolute atomic E-state index is 6.10. The van der Waals surface area contributed by atoms with Crippen molar-refractivity contribution in [3.8, 4) is 45.4 Å². The molecule has 2 heterocycles. The molecule has 0 bridgehead atoms.